The fourth-order valence-electron chi connectivity index (χ4n) is 2.19. The Kier molecular flexibility index (Phi) is 4.18. The van der Waals surface area contributed by atoms with E-state index in [4.69, 9.17) is 14.0 Å². The number of nitrogens with one attached hydrogen (secondary N) is 1. The second kappa shape index (κ2) is 6.43. The highest BCUT2D eigenvalue weighted by Crippen LogP contribution is 2.16. The van der Waals surface area contributed by atoms with E-state index in [-0.39, 0.29) is 0 Å². The van der Waals surface area contributed by atoms with Crippen LogP contribution in [0.1, 0.15) is 18.6 Å². The van der Waals surface area contributed by atoms with E-state index in [1.807, 2.05) is 30.3 Å². The van der Waals surface area contributed by atoms with Gasteiger partial charge in [-0.25, -0.2) is 0 Å². The van der Waals surface area contributed by atoms with Gasteiger partial charge in [0.1, 0.15) is 19.0 Å². The van der Waals surface area contributed by atoms with Crippen LogP contribution in [0.15, 0.2) is 40.9 Å². The van der Waals surface area contributed by atoms with Gasteiger partial charge in [0.15, 0.2) is 5.76 Å². The molecule has 0 spiro atoms. The Bertz CT molecular complexity index is 521. The van der Waals surface area contributed by atoms with Crippen molar-refractivity contribution < 1.29 is 14.0 Å². The van der Waals surface area contributed by atoms with Crippen LogP contribution in [0.5, 0.6) is 11.6 Å². The maximum absolute atomic E-state index is 5.60. The van der Waals surface area contributed by atoms with Crippen LogP contribution in [0, 0.1) is 0 Å². The van der Waals surface area contributed by atoms with Crippen molar-refractivity contribution in [1.29, 1.82) is 0 Å². The van der Waals surface area contributed by atoms with Gasteiger partial charge in [0.2, 0.25) is 0 Å². The van der Waals surface area contributed by atoms with Gasteiger partial charge in [-0.2, -0.15) is 0 Å². The van der Waals surface area contributed by atoms with E-state index in [0.717, 1.165) is 18.7 Å². The smallest absolute Gasteiger partial charge is 0.254 e. The van der Waals surface area contributed by atoms with Crippen LogP contribution in [0.4, 0.5) is 0 Å². The molecule has 1 aromatic carbocycles. The maximum atomic E-state index is 5.60. The van der Waals surface area contributed by atoms with E-state index in [2.05, 4.69) is 10.5 Å². The first-order valence-corrected chi connectivity index (χ1v) is 6.90. The summed E-state index contributed by atoms with van der Waals surface area (Å²) < 4.78 is 16.4. The van der Waals surface area contributed by atoms with Gasteiger partial charge < -0.3 is 19.3 Å². The largest absolute Gasteiger partial charge is 0.486 e. The molecule has 0 aliphatic carbocycles. The Morgan fingerprint density at radius 3 is 2.95 bits per heavy atom. The molecule has 0 bridgehead atoms. The highest BCUT2D eigenvalue weighted by atomic mass is 16.5. The lowest BCUT2D eigenvalue weighted by atomic mass is 10.2. The molecule has 0 saturated carbocycles. The van der Waals surface area contributed by atoms with Gasteiger partial charge in [-0.3, -0.25) is 0 Å². The minimum Gasteiger partial charge on any atom is -0.486 e. The van der Waals surface area contributed by atoms with Gasteiger partial charge in [0.05, 0.1) is 0 Å². The normalized spacial score (nSPS) is 18.1. The first-order valence-electron chi connectivity index (χ1n) is 6.90. The summed E-state index contributed by atoms with van der Waals surface area (Å²) in [5.41, 5.74) is 0. The van der Waals surface area contributed by atoms with E-state index in [0.29, 0.717) is 30.9 Å². The van der Waals surface area contributed by atoms with Crippen LogP contribution in [0.2, 0.25) is 0 Å². The predicted molar refractivity (Wildman–Crippen MR) is 73.8 cm³/mol. The Labute approximate surface area is 117 Å². The van der Waals surface area contributed by atoms with Crippen LogP contribution in [-0.2, 0) is 6.61 Å². The number of aromatic nitrogens is 1. The van der Waals surface area contributed by atoms with Crippen molar-refractivity contribution in [3.05, 3.63) is 42.2 Å². The third-order valence-corrected chi connectivity index (χ3v) is 3.26. The lowest BCUT2D eigenvalue weighted by Crippen LogP contribution is -2.28. The fraction of sp³-hybridized carbons (Fsp3) is 0.400. The van der Waals surface area contributed by atoms with Crippen LogP contribution in [-0.4, -0.2) is 24.4 Å². The van der Waals surface area contributed by atoms with Gasteiger partial charge in [0, 0.05) is 12.1 Å². The summed E-state index contributed by atoms with van der Waals surface area (Å²) in [6.07, 6.45) is 2.37. The lowest BCUT2D eigenvalue weighted by Gasteiger charge is -2.08. The number of hydrogen-bond acceptors (Lipinski definition) is 5. The molecule has 0 unspecified atom stereocenters. The molecule has 1 fully saturated rings. The minimum absolute atomic E-state index is 0.349. The molecular weight excluding hydrogens is 256 g/mol. The average molecular weight is 274 g/mol. The Morgan fingerprint density at radius 2 is 2.15 bits per heavy atom. The molecule has 2 aromatic rings. The Balaban J connectivity index is 1.46. The third kappa shape index (κ3) is 3.51. The molecule has 106 valence electrons. The summed E-state index contributed by atoms with van der Waals surface area (Å²) >= 11 is 0. The topological polar surface area (TPSA) is 56.5 Å². The zero-order chi connectivity index (χ0) is 13.6. The summed E-state index contributed by atoms with van der Waals surface area (Å²) in [5, 5.41) is 7.26. The number of nitrogens with zero attached hydrogens (tertiary/aromatic N) is 1. The molecule has 1 aliphatic heterocycles. The number of ether oxygens (including phenoxy) is 2. The van der Waals surface area contributed by atoms with Crippen molar-refractivity contribution in [3.63, 3.8) is 0 Å². The minimum atomic E-state index is 0.349. The first kappa shape index (κ1) is 13.0. The van der Waals surface area contributed by atoms with Crippen LogP contribution < -0.4 is 14.8 Å². The molecule has 1 aromatic heterocycles. The molecule has 1 saturated heterocycles. The van der Waals surface area contributed by atoms with Gasteiger partial charge in [-0.15, -0.1) is 0 Å². The van der Waals surface area contributed by atoms with Gasteiger partial charge in [0.25, 0.3) is 5.88 Å². The zero-order valence-corrected chi connectivity index (χ0v) is 11.2. The van der Waals surface area contributed by atoms with Crippen molar-refractivity contribution >= 4 is 0 Å². The summed E-state index contributed by atoms with van der Waals surface area (Å²) in [6, 6.07) is 11.8. The molecule has 5 nitrogen and oxygen atoms in total. The van der Waals surface area contributed by atoms with E-state index in [9.17, 15) is 0 Å². The Hall–Kier alpha value is -2.01. The second-order valence-electron chi connectivity index (χ2n) is 4.84. The maximum Gasteiger partial charge on any atom is 0.254 e. The van der Waals surface area contributed by atoms with Crippen molar-refractivity contribution in [2.45, 2.75) is 25.5 Å². The van der Waals surface area contributed by atoms with E-state index in [1.165, 1.54) is 6.42 Å². The summed E-state index contributed by atoms with van der Waals surface area (Å²) in [5.74, 6) is 1.98. The molecular formula is C15H18N2O3. The molecule has 5 heteroatoms. The van der Waals surface area contributed by atoms with Crippen molar-refractivity contribution in [1.82, 2.24) is 10.5 Å². The van der Waals surface area contributed by atoms with Gasteiger partial charge in [-0.05, 0) is 36.7 Å². The van der Waals surface area contributed by atoms with E-state index in [1.54, 1.807) is 6.07 Å². The average Bonchev–Trinajstić information content (AvgIpc) is 3.16. The molecule has 1 N–H and O–H groups in total. The molecule has 2 heterocycles. The molecule has 1 aliphatic rings. The van der Waals surface area contributed by atoms with Gasteiger partial charge in [-0.1, -0.05) is 18.2 Å². The molecule has 1 atom stereocenters. The van der Waals surface area contributed by atoms with Crippen LogP contribution in [0.25, 0.3) is 0 Å². The number of benzene rings is 1. The number of hydrogen-bond donors (Lipinski definition) is 1. The quantitative estimate of drug-likeness (QED) is 0.876. The van der Waals surface area contributed by atoms with Crippen molar-refractivity contribution in [2.24, 2.45) is 0 Å². The fourth-order valence-corrected chi connectivity index (χ4v) is 2.19. The highest BCUT2D eigenvalue weighted by Gasteiger charge is 2.15. The van der Waals surface area contributed by atoms with E-state index >= 15 is 0 Å². The molecule has 0 amide bonds. The third-order valence-electron chi connectivity index (χ3n) is 3.26. The summed E-state index contributed by atoms with van der Waals surface area (Å²) in [4.78, 5) is 0. The highest BCUT2D eigenvalue weighted by molar-refractivity contribution is 5.21. The van der Waals surface area contributed by atoms with Gasteiger partial charge >= 0.3 is 0 Å². The monoisotopic (exact) mass is 274 g/mol. The number of rotatable bonds is 6. The first-order chi connectivity index (χ1) is 9.90. The Morgan fingerprint density at radius 1 is 1.25 bits per heavy atom. The van der Waals surface area contributed by atoms with Crippen LogP contribution in [0.3, 0.4) is 0 Å². The summed E-state index contributed by atoms with van der Waals surface area (Å²) in [7, 11) is 0. The SMILES string of the molecule is c1ccc(OCc2cc(OC[C@@H]3CCCN3)no2)cc1. The van der Waals surface area contributed by atoms with Crippen LogP contribution >= 0.6 is 0 Å². The number of para-hydroxylation sites is 1. The zero-order valence-electron chi connectivity index (χ0n) is 11.2. The second-order valence-corrected chi connectivity index (χ2v) is 4.84. The van der Waals surface area contributed by atoms with Crippen molar-refractivity contribution in [3.8, 4) is 11.6 Å². The molecule has 3 rings (SSSR count). The predicted octanol–water partition coefficient (Wildman–Crippen LogP) is 2.38. The molecule has 20 heavy (non-hydrogen) atoms. The lowest BCUT2D eigenvalue weighted by molar-refractivity contribution is 0.230. The summed E-state index contributed by atoms with van der Waals surface area (Å²) in [6.45, 7) is 2.05. The molecule has 0 radical (unpaired) electrons. The van der Waals surface area contributed by atoms with Crippen molar-refractivity contribution in [2.75, 3.05) is 13.2 Å². The standard InChI is InChI=1S/C15H18N2O3/c1-2-6-13(7-3-1)18-11-14-9-15(17-20-14)19-10-12-5-4-8-16-12/h1-3,6-7,9,12,16H,4-5,8,10-11H2/t12-/m0/s1. The van der Waals surface area contributed by atoms with E-state index < -0.39 is 0 Å².